The number of hydrogen-bond donors (Lipinski definition) is 1. The molecule has 142 valence electrons. The molecule has 1 aromatic rings. The summed E-state index contributed by atoms with van der Waals surface area (Å²) in [6.07, 6.45) is 11.9. The van der Waals surface area contributed by atoms with E-state index in [9.17, 15) is 8.42 Å². The summed E-state index contributed by atoms with van der Waals surface area (Å²) < 4.78 is 29.0. The molecule has 0 atom stereocenters. The van der Waals surface area contributed by atoms with E-state index in [2.05, 4.69) is 16.9 Å². The van der Waals surface area contributed by atoms with Gasteiger partial charge in [-0.1, -0.05) is 70.4 Å². The average Bonchev–Trinajstić information content (AvgIpc) is 2.60. The van der Waals surface area contributed by atoms with Gasteiger partial charge in [0.15, 0.2) is 0 Å². The summed E-state index contributed by atoms with van der Waals surface area (Å²) in [4.78, 5) is 2.27. The van der Waals surface area contributed by atoms with Crippen LogP contribution in [-0.4, -0.2) is 27.5 Å². The first kappa shape index (κ1) is 21.5. The molecule has 0 saturated heterocycles. The van der Waals surface area contributed by atoms with Gasteiger partial charge < -0.3 is 4.74 Å². The molecule has 0 aliphatic carbocycles. The fourth-order valence-corrected chi connectivity index (χ4v) is 3.49. The maximum atomic E-state index is 11.9. The largest absolute Gasteiger partial charge is 0.496 e. The van der Waals surface area contributed by atoms with Crippen LogP contribution in [0.2, 0.25) is 0 Å². The number of unbranched alkanes of at least 4 members (excludes halogenated alkanes) is 8. The van der Waals surface area contributed by atoms with Crippen LogP contribution in [0, 0.1) is 0 Å². The van der Waals surface area contributed by atoms with E-state index in [1.54, 1.807) is 13.2 Å². The lowest BCUT2D eigenvalue weighted by molar-refractivity contribution is 0.414. The SMILES string of the molecule is CCCCCCCCCCCS(=O)(=O)N/N=C/c1ccccc1OC. The number of nitrogens with one attached hydrogen (secondary N) is 1. The molecule has 0 heterocycles. The Hall–Kier alpha value is -1.56. The summed E-state index contributed by atoms with van der Waals surface area (Å²) in [7, 11) is -1.79. The molecule has 0 aliphatic rings. The molecular formula is C19H32N2O3S. The topological polar surface area (TPSA) is 67.8 Å². The molecule has 1 aromatic carbocycles. The second-order valence-electron chi connectivity index (χ2n) is 6.24. The van der Waals surface area contributed by atoms with E-state index in [4.69, 9.17) is 4.74 Å². The molecule has 0 fully saturated rings. The zero-order chi connectivity index (χ0) is 18.4. The second kappa shape index (κ2) is 12.8. The predicted octanol–water partition coefficient (Wildman–Crippen LogP) is 4.48. The monoisotopic (exact) mass is 368 g/mol. The summed E-state index contributed by atoms with van der Waals surface area (Å²) in [6, 6.07) is 7.32. The van der Waals surface area contributed by atoms with E-state index in [0.29, 0.717) is 12.2 Å². The van der Waals surface area contributed by atoms with Crippen molar-refractivity contribution in [1.82, 2.24) is 4.83 Å². The van der Waals surface area contributed by atoms with Gasteiger partial charge in [0, 0.05) is 5.56 Å². The van der Waals surface area contributed by atoms with Crippen LogP contribution in [0.25, 0.3) is 0 Å². The highest BCUT2D eigenvalue weighted by Gasteiger charge is 2.08. The van der Waals surface area contributed by atoms with E-state index >= 15 is 0 Å². The summed E-state index contributed by atoms with van der Waals surface area (Å²) >= 11 is 0. The van der Waals surface area contributed by atoms with Gasteiger partial charge in [-0.15, -0.1) is 0 Å². The standard InChI is InChI=1S/C19H32N2O3S/c1-3-4-5-6-7-8-9-10-13-16-25(22,23)21-20-17-18-14-11-12-15-19(18)24-2/h11-12,14-15,17,21H,3-10,13,16H2,1-2H3/b20-17+. The van der Waals surface area contributed by atoms with E-state index in [0.717, 1.165) is 18.4 Å². The summed E-state index contributed by atoms with van der Waals surface area (Å²) in [5.41, 5.74) is 0.732. The lowest BCUT2D eigenvalue weighted by atomic mass is 10.1. The van der Waals surface area contributed by atoms with Gasteiger partial charge in [-0.25, -0.2) is 13.2 Å². The van der Waals surface area contributed by atoms with Crippen LogP contribution >= 0.6 is 0 Å². The first-order valence-corrected chi connectivity index (χ1v) is 10.9. The number of rotatable bonds is 14. The van der Waals surface area contributed by atoms with Gasteiger partial charge in [0.1, 0.15) is 5.75 Å². The number of methoxy groups -OCH3 is 1. The zero-order valence-electron chi connectivity index (χ0n) is 15.5. The van der Waals surface area contributed by atoms with E-state index in [-0.39, 0.29) is 5.75 Å². The molecule has 0 amide bonds. The zero-order valence-corrected chi connectivity index (χ0v) is 16.4. The minimum atomic E-state index is -3.36. The molecule has 0 spiro atoms. The average molecular weight is 369 g/mol. The highest BCUT2D eigenvalue weighted by atomic mass is 32.2. The van der Waals surface area contributed by atoms with Crippen molar-refractivity contribution in [1.29, 1.82) is 0 Å². The normalized spacial score (nSPS) is 11.8. The molecule has 0 saturated carbocycles. The predicted molar refractivity (Wildman–Crippen MR) is 105 cm³/mol. The molecule has 0 bridgehead atoms. The number of nitrogens with zero attached hydrogens (tertiary/aromatic N) is 1. The van der Waals surface area contributed by atoms with E-state index in [1.807, 2.05) is 18.2 Å². The molecule has 0 aromatic heterocycles. The van der Waals surface area contributed by atoms with E-state index < -0.39 is 10.0 Å². The van der Waals surface area contributed by atoms with Crippen molar-refractivity contribution >= 4 is 16.2 Å². The third-order valence-electron chi connectivity index (χ3n) is 4.05. The van der Waals surface area contributed by atoms with Crippen LogP contribution in [0.4, 0.5) is 0 Å². The Balaban J connectivity index is 2.20. The Morgan fingerprint density at radius 2 is 1.60 bits per heavy atom. The third-order valence-corrected chi connectivity index (χ3v) is 5.26. The van der Waals surface area contributed by atoms with Crippen LogP contribution in [0.1, 0.15) is 70.3 Å². The smallest absolute Gasteiger partial charge is 0.247 e. The molecule has 6 heteroatoms. The van der Waals surface area contributed by atoms with Gasteiger partial charge in [-0.05, 0) is 18.6 Å². The Morgan fingerprint density at radius 1 is 1.00 bits per heavy atom. The first-order valence-electron chi connectivity index (χ1n) is 9.24. The van der Waals surface area contributed by atoms with Gasteiger partial charge in [0.05, 0.1) is 19.1 Å². The maximum Gasteiger partial charge on any atom is 0.247 e. The van der Waals surface area contributed by atoms with Crippen molar-refractivity contribution in [2.24, 2.45) is 5.10 Å². The first-order chi connectivity index (χ1) is 12.1. The van der Waals surface area contributed by atoms with E-state index in [1.165, 1.54) is 44.7 Å². The van der Waals surface area contributed by atoms with Gasteiger partial charge in [0.2, 0.25) is 10.0 Å². The van der Waals surface area contributed by atoms with Crippen molar-refractivity contribution < 1.29 is 13.2 Å². The Labute approximate surface area is 152 Å². The number of hydrazone groups is 1. The molecule has 5 nitrogen and oxygen atoms in total. The quantitative estimate of drug-likeness (QED) is 0.299. The minimum absolute atomic E-state index is 0.117. The molecule has 25 heavy (non-hydrogen) atoms. The van der Waals surface area contributed by atoms with Crippen molar-refractivity contribution in [3.63, 3.8) is 0 Å². The summed E-state index contributed by atoms with van der Waals surface area (Å²) in [5.74, 6) is 0.774. The van der Waals surface area contributed by atoms with Gasteiger partial charge in [-0.2, -0.15) is 5.10 Å². The summed E-state index contributed by atoms with van der Waals surface area (Å²) in [5, 5.41) is 3.84. The lowest BCUT2D eigenvalue weighted by Crippen LogP contribution is -2.21. The fraction of sp³-hybridized carbons (Fsp3) is 0.632. The summed E-state index contributed by atoms with van der Waals surface area (Å²) in [6.45, 7) is 2.22. The van der Waals surface area contributed by atoms with Crippen LogP contribution in [0.3, 0.4) is 0 Å². The van der Waals surface area contributed by atoms with Crippen LogP contribution < -0.4 is 9.57 Å². The molecule has 1 N–H and O–H groups in total. The Bertz CT molecular complexity index is 600. The number of ether oxygens (including phenoxy) is 1. The molecule has 0 unspecified atom stereocenters. The molecule has 0 aliphatic heterocycles. The van der Waals surface area contributed by atoms with Crippen molar-refractivity contribution in [3.8, 4) is 5.75 Å². The van der Waals surface area contributed by atoms with Gasteiger partial charge in [-0.3, -0.25) is 0 Å². The van der Waals surface area contributed by atoms with Crippen LogP contribution in [0.15, 0.2) is 29.4 Å². The lowest BCUT2D eigenvalue weighted by Gasteiger charge is -2.05. The number of benzene rings is 1. The van der Waals surface area contributed by atoms with Crippen molar-refractivity contribution in [2.75, 3.05) is 12.9 Å². The molecular weight excluding hydrogens is 336 g/mol. The van der Waals surface area contributed by atoms with Gasteiger partial charge >= 0.3 is 0 Å². The van der Waals surface area contributed by atoms with Crippen molar-refractivity contribution in [3.05, 3.63) is 29.8 Å². The fourth-order valence-electron chi connectivity index (χ4n) is 2.60. The Kier molecular flexibility index (Phi) is 11.0. The van der Waals surface area contributed by atoms with Crippen LogP contribution in [0.5, 0.6) is 5.75 Å². The second-order valence-corrected chi connectivity index (χ2v) is 8.06. The highest BCUT2D eigenvalue weighted by Crippen LogP contribution is 2.14. The number of hydrogen-bond acceptors (Lipinski definition) is 4. The molecule has 1 rings (SSSR count). The Morgan fingerprint density at radius 3 is 2.24 bits per heavy atom. The maximum absolute atomic E-state index is 11.9. The minimum Gasteiger partial charge on any atom is -0.496 e. The van der Waals surface area contributed by atoms with Crippen LogP contribution in [-0.2, 0) is 10.0 Å². The molecule has 0 radical (unpaired) electrons. The third kappa shape index (κ3) is 10.1. The number of sulfonamides is 1. The highest BCUT2D eigenvalue weighted by molar-refractivity contribution is 7.89. The van der Waals surface area contributed by atoms with Crippen molar-refractivity contribution in [2.45, 2.75) is 64.7 Å². The van der Waals surface area contributed by atoms with Gasteiger partial charge in [0.25, 0.3) is 0 Å². The number of para-hydroxylation sites is 1.